The number of nitrogens with zero attached hydrogens (tertiary/aromatic N) is 2. The van der Waals surface area contributed by atoms with Crippen molar-refractivity contribution in [2.75, 3.05) is 16.8 Å². The minimum atomic E-state index is -3.01. The fraction of sp³-hybridized carbons (Fsp3) is 0.333. The van der Waals surface area contributed by atoms with Crippen LogP contribution in [0.1, 0.15) is 28.5 Å². The van der Waals surface area contributed by atoms with E-state index in [0.29, 0.717) is 17.8 Å². The number of nitrogens with one attached hydrogen (secondary N) is 1. The van der Waals surface area contributed by atoms with Crippen LogP contribution in [-0.4, -0.2) is 35.6 Å². The Bertz CT molecular complexity index is 797. The van der Waals surface area contributed by atoms with E-state index in [1.165, 1.54) is 0 Å². The van der Waals surface area contributed by atoms with Gasteiger partial charge in [0.05, 0.1) is 23.2 Å². The van der Waals surface area contributed by atoms with Crippen LogP contribution in [0.15, 0.2) is 36.4 Å². The molecule has 1 aromatic carbocycles. The van der Waals surface area contributed by atoms with E-state index >= 15 is 0 Å². The van der Waals surface area contributed by atoms with Crippen LogP contribution in [0.3, 0.4) is 0 Å². The molecule has 1 atom stereocenters. The van der Waals surface area contributed by atoms with Gasteiger partial charge in [0.15, 0.2) is 9.84 Å². The quantitative estimate of drug-likeness (QED) is 0.935. The van der Waals surface area contributed by atoms with E-state index in [4.69, 9.17) is 0 Å². The lowest BCUT2D eigenvalue weighted by Gasteiger charge is -2.13. The molecule has 1 fully saturated rings. The monoisotopic (exact) mass is 319 g/mol. The number of amides is 1. The summed E-state index contributed by atoms with van der Waals surface area (Å²) in [4.78, 5) is 12.2. The van der Waals surface area contributed by atoms with E-state index in [2.05, 4.69) is 10.4 Å². The fourth-order valence-electron chi connectivity index (χ4n) is 2.63. The number of benzene rings is 1. The Morgan fingerprint density at radius 2 is 2.05 bits per heavy atom. The van der Waals surface area contributed by atoms with E-state index in [1.54, 1.807) is 35.0 Å². The first-order valence-electron chi connectivity index (χ1n) is 7.07. The van der Waals surface area contributed by atoms with E-state index in [-0.39, 0.29) is 23.5 Å². The maximum absolute atomic E-state index is 12.2. The van der Waals surface area contributed by atoms with Crippen molar-refractivity contribution in [2.24, 2.45) is 0 Å². The molecule has 0 saturated carbocycles. The molecule has 0 bridgehead atoms. The summed E-state index contributed by atoms with van der Waals surface area (Å²) in [6, 6.07) is 10.4. The fourth-order valence-corrected chi connectivity index (χ4v) is 4.33. The lowest BCUT2D eigenvalue weighted by Crippen LogP contribution is -2.19. The van der Waals surface area contributed by atoms with Crippen LogP contribution in [-0.2, 0) is 9.84 Å². The van der Waals surface area contributed by atoms with Crippen LogP contribution >= 0.6 is 0 Å². The Labute approximate surface area is 129 Å². The first-order chi connectivity index (χ1) is 10.4. The average Bonchev–Trinajstić information content (AvgIpc) is 3.02. The molecule has 2 aromatic rings. The van der Waals surface area contributed by atoms with Gasteiger partial charge in [-0.1, -0.05) is 18.2 Å². The molecule has 1 N–H and O–H groups in total. The molecule has 6 nitrogen and oxygen atoms in total. The van der Waals surface area contributed by atoms with Crippen LogP contribution in [0.5, 0.6) is 0 Å². The number of hydrogen-bond donors (Lipinski definition) is 1. The van der Waals surface area contributed by atoms with E-state index < -0.39 is 9.84 Å². The minimum absolute atomic E-state index is 0.0718. The first-order valence-corrected chi connectivity index (χ1v) is 8.90. The molecule has 0 spiro atoms. The van der Waals surface area contributed by atoms with Crippen LogP contribution < -0.4 is 5.32 Å². The van der Waals surface area contributed by atoms with Crippen molar-refractivity contribution < 1.29 is 13.2 Å². The first kappa shape index (κ1) is 14.8. The minimum Gasteiger partial charge on any atom is -0.307 e. The number of carbonyl (C=O) groups excluding carboxylic acids is 1. The molecule has 7 heteroatoms. The molecule has 1 saturated heterocycles. The second-order valence-electron chi connectivity index (χ2n) is 5.49. The largest absolute Gasteiger partial charge is 0.307 e. The van der Waals surface area contributed by atoms with Gasteiger partial charge in [-0.2, -0.15) is 5.10 Å². The van der Waals surface area contributed by atoms with Crippen molar-refractivity contribution in [2.45, 2.75) is 19.4 Å². The van der Waals surface area contributed by atoms with Crippen LogP contribution in [0.25, 0.3) is 0 Å². The van der Waals surface area contributed by atoms with Gasteiger partial charge >= 0.3 is 0 Å². The highest BCUT2D eigenvalue weighted by atomic mass is 32.2. The highest BCUT2D eigenvalue weighted by Crippen LogP contribution is 2.27. The summed E-state index contributed by atoms with van der Waals surface area (Å²) in [5.41, 5.74) is 1.29. The highest BCUT2D eigenvalue weighted by Gasteiger charge is 2.31. The summed E-state index contributed by atoms with van der Waals surface area (Å²) in [5.74, 6) is 0.543. The van der Waals surface area contributed by atoms with Crippen LogP contribution in [0.2, 0.25) is 0 Å². The van der Waals surface area contributed by atoms with Gasteiger partial charge in [-0.25, -0.2) is 13.1 Å². The zero-order valence-corrected chi connectivity index (χ0v) is 13.0. The Hall–Kier alpha value is -2.15. The molecule has 3 rings (SSSR count). The van der Waals surface area contributed by atoms with Crippen molar-refractivity contribution in [3.63, 3.8) is 0 Å². The summed E-state index contributed by atoms with van der Waals surface area (Å²) in [5, 5.41) is 7.16. The Morgan fingerprint density at radius 1 is 1.32 bits per heavy atom. The number of rotatable bonds is 3. The summed E-state index contributed by atoms with van der Waals surface area (Å²) in [7, 11) is -3.01. The number of sulfone groups is 1. The van der Waals surface area contributed by atoms with E-state index in [9.17, 15) is 13.2 Å². The van der Waals surface area contributed by atoms with Gasteiger partial charge in [0.2, 0.25) is 0 Å². The highest BCUT2D eigenvalue weighted by molar-refractivity contribution is 7.91. The SMILES string of the molecule is Cc1cc(NC(=O)c2ccccc2)n([C@H]2CCS(=O)(=O)C2)n1. The summed E-state index contributed by atoms with van der Waals surface area (Å²) in [6.45, 7) is 1.82. The van der Waals surface area contributed by atoms with Crippen LogP contribution in [0.4, 0.5) is 5.82 Å². The third-order valence-corrected chi connectivity index (χ3v) is 5.44. The van der Waals surface area contributed by atoms with Gasteiger partial charge in [-0.15, -0.1) is 0 Å². The normalized spacial score (nSPS) is 20.0. The number of aryl methyl sites for hydroxylation is 1. The molecule has 116 valence electrons. The van der Waals surface area contributed by atoms with Crippen molar-refractivity contribution in [3.05, 3.63) is 47.7 Å². The molecule has 0 aliphatic carbocycles. The summed E-state index contributed by atoms with van der Waals surface area (Å²) < 4.78 is 24.9. The molecule has 1 aliphatic heterocycles. The second kappa shape index (κ2) is 5.57. The predicted octanol–water partition coefficient (Wildman–Crippen LogP) is 1.80. The average molecular weight is 319 g/mol. The number of carbonyl (C=O) groups is 1. The number of aromatic nitrogens is 2. The second-order valence-corrected chi connectivity index (χ2v) is 7.72. The Morgan fingerprint density at radius 3 is 2.68 bits per heavy atom. The summed E-state index contributed by atoms with van der Waals surface area (Å²) >= 11 is 0. The predicted molar refractivity (Wildman–Crippen MR) is 83.7 cm³/mol. The Kier molecular flexibility index (Phi) is 3.74. The topological polar surface area (TPSA) is 81.1 Å². The third kappa shape index (κ3) is 3.04. The standard InChI is InChI=1S/C15H17N3O3S/c1-11-9-14(16-15(19)12-5-3-2-4-6-12)18(17-11)13-7-8-22(20,21)10-13/h2-6,9,13H,7-8,10H2,1H3,(H,16,19)/t13-/m0/s1. The zero-order valence-electron chi connectivity index (χ0n) is 12.2. The van der Waals surface area contributed by atoms with Crippen molar-refractivity contribution >= 4 is 21.6 Å². The zero-order chi connectivity index (χ0) is 15.7. The molecule has 0 radical (unpaired) electrons. The lowest BCUT2D eigenvalue weighted by molar-refractivity contribution is 0.102. The smallest absolute Gasteiger partial charge is 0.256 e. The molecule has 1 aromatic heterocycles. The van der Waals surface area contributed by atoms with Gasteiger partial charge in [0.1, 0.15) is 5.82 Å². The third-order valence-electron chi connectivity index (χ3n) is 3.69. The van der Waals surface area contributed by atoms with E-state index in [1.807, 2.05) is 13.0 Å². The van der Waals surface area contributed by atoms with Crippen LogP contribution in [0, 0.1) is 6.92 Å². The maximum atomic E-state index is 12.2. The lowest BCUT2D eigenvalue weighted by atomic mass is 10.2. The van der Waals surface area contributed by atoms with Gasteiger partial charge in [0, 0.05) is 11.6 Å². The van der Waals surface area contributed by atoms with Gasteiger partial charge in [0.25, 0.3) is 5.91 Å². The molecule has 0 unspecified atom stereocenters. The van der Waals surface area contributed by atoms with E-state index in [0.717, 1.165) is 5.69 Å². The maximum Gasteiger partial charge on any atom is 0.256 e. The molecular weight excluding hydrogens is 302 g/mol. The molecular formula is C15H17N3O3S. The molecule has 1 amide bonds. The van der Waals surface area contributed by atoms with Crippen molar-refractivity contribution in [3.8, 4) is 0 Å². The molecule has 22 heavy (non-hydrogen) atoms. The van der Waals surface area contributed by atoms with Gasteiger partial charge < -0.3 is 5.32 Å². The molecule has 1 aliphatic rings. The van der Waals surface area contributed by atoms with Crippen molar-refractivity contribution in [1.29, 1.82) is 0 Å². The van der Waals surface area contributed by atoms with Gasteiger partial charge in [-0.05, 0) is 25.5 Å². The van der Waals surface area contributed by atoms with Gasteiger partial charge in [-0.3, -0.25) is 4.79 Å². The summed E-state index contributed by atoms with van der Waals surface area (Å²) in [6.07, 6.45) is 0.525. The molecule has 2 heterocycles. The number of hydrogen-bond acceptors (Lipinski definition) is 4. The number of anilines is 1. The van der Waals surface area contributed by atoms with Crippen molar-refractivity contribution in [1.82, 2.24) is 9.78 Å². The Balaban J connectivity index is 1.84.